The zero-order valence-corrected chi connectivity index (χ0v) is 9.20. The zero-order valence-electron chi connectivity index (χ0n) is 8.39. The first-order chi connectivity index (χ1) is 7.31. The number of thiazole rings is 1. The number of aromatic nitrogens is 1. The van der Waals surface area contributed by atoms with E-state index < -0.39 is 0 Å². The molecule has 0 spiro atoms. The Morgan fingerprint density at radius 2 is 2.20 bits per heavy atom. The van der Waals surface area contributed by atoms with Gasteiger partial charge in [0.25, 0.3) is 0 Å². The first-order valence-corrected chi connectivity index (χ1v) is 5.87. The van der Waals surface area contributed by atoms with Crippen LogP contribution in [0, 0.1) is 0 Å². The van der Waals surface area contributed by atoms with Gasteiger partial charge in [-0.25, -0.2) is 4.98 Å². The monoisotopic (exact) mass is 226 g/mol. The standard InChI is InChI=1S/C9H14N4OS/c10-8(12-14)7-6-15-9(11-7)13-4-2-1-3-5-13/h6,14H,1-5H2,(H2,10,12). The second-order valence-corrected chi connectivity index (χ2v) is 4.38. The van der Waals surface area contributed by atoms with Crippen LogP contribution in [-0.2, 0) is 0 Å². The average Bonchev–Trinajstić information content (AvgIpc) is 2.78. The topological polar surface area (TPSA) is 74.7 Å². The second kappa shape index (κ2) is 4.48. The molecule has 0 unspecified atom stereocenters. The van der Waals surface area contributed by atoms with Crippen molar-refractivity contribution >= 4 is 22.3 Å². The van der Waals surface area contributed by atoms with E-state index in [4.69, 9.17) is 10.9 Å². The van der Waals surface area contributed by atoms with E-state index in [1.165, 1.54) is 19.3 Å². The van der Waals surface area contributed by atoms with Gasteiger partial charge in [0, 0.05) is 18.5 Å². The fourth-order valence-corrected chi connectivity index (χ4v) is 2.54. The molecule has 0 aromatic carbocycles. The number of nitrogens with two attached hydrogens (primary N) is 1. The molecule has 0 amide bonds. The predicted octanol–water partition coefficient (Wildman–Crippen LogP) is 1.23. The summed E-state index contributed by atoms with van der Waals surface area (Å²) in [7, 11) is 0. The summed E-state index contributed by atoms with van der Waals surface area (Å²) >= 11 is 1.54. The lowest BCUT2D eigenvalue weighted by Gasteiger charge is -2.25. The summed E-state index contributed by atoms with van der Waals surface area (Å²) in [6.07, 6.45) is 3.74. The van der Waals surface area contributed by atoms with Gasteiger partial charge in [-0.15, -0.1) is 11.3 Å². The molecule has 1 aromatic heterocycles. The molecule has 1 aliphatic rings. The molecule has 1 aromatic rings. The van der Waals surface area contributed by atoms with E-state index in [1.807, 2.05) is 5.38 Å². The molecule has 82 valence electrons. The zero-order chi connectivity index (χ0) is 10.7. The van der Waals surface area contributed by atoms with Crippen molar-refractivity contribution in [3.63, 3.8) is 0 Å². The summed E-state index contributed by atoms with van der Waals surface area (Å²) in [5, 5.41) is 14.2. The molecule has 15 heavy (non-hydrogen) atoms. The molecule has 3 N–H and O–H groups in total. The van der Waals surface area contributed by atoms with Gasteiger partial charge in [-0.05, 0) is 19.3 Å². The fraction of sp³-hybridized carbons (Fsp3) is 0.556. The SMILES string of the molecule is N/C(=N\O)c1csc(N2CCCCC2)n1. The molecule has 6 heteroatoms. The Balaban J connectivity index is 2.12. The summed E-state index contributed by atoms with van der Waals surface area (Å²) in [6, 6.07) is 0. The Kier molecular flexibility index (Phi) is 3.05. The minimum atomic E-state index is 0.0782. The number of hydrogen-bond acceptors (Lipinski definition) is 5. The highest BCUT2D eigenvalue weighted by atomic mass is 32.1. The molecule has 2 rings (SSSR count). The highest BCUT2D eigenvalue weighted by molar-refractivity contribution is 7.13. The molecule has 0 bridgehead atoms. The second-order valence-electron chi connectivity index (χ2n) is 3.55. The molecular weight excluding hydrogens is 212 g/mol. The number of anilines is 1. The van der Waals surface area contributed by atoms with Crippen molar-refractivity contribution in [2.24, 2.45) is 10.9 Å². The van der Waals surface area contributed by atoms with Gasteiger partial charge in [-0.1, -0.05) is 5.16 Å². The summed E-state index contributed by atoms with van der Waals surface area (Å²) in [5.41, 5.74) is 6.02. The Morgan fingerprint density at radius 1 is 1.47 bits per heavy atom. The van der Waals surface area contributed by atoms with Crippen LogP contribution in [-0.4, -0.2) is 29.1 Å². The van der Waals surface area contributed by atoms with Gasteiger partial charge in [-0.3, -0.25) is 0 Å². The van der Waals surface area contributed by atoms with Crippen molar-refractivity contribution in [2.45, 2.75) is 19.3 Å². The Morgan fingerprint density at radius 3 is 2.87 bits per heavy atom. The normalized spacial score (nSPS) is 18.1. The number of oxime groups is 1. The van der Waals surface area contributed by atoms with Gasteiger partial charge >= 0.3 is 0 Å². The van der Waals surface area contributed by atoms with E-state index in [9.17, 15) is 0 Å². The summed E-state index contributed by atoms with van der Waals surface area (Å²) < 4.78 is 0. The number of rotatable bonds is 2. The van der Waals surface area contributed by atoms with Gasteiger partial charge in [0.15, 0.2) is 11.0 Å². The van der Waals surface area contributed by atoms with Gasteiger partial charge < -0.3 is 15.8 Å². The molecule has 0 atom stereocenters. The number of amidine groups is 1. The van der Waals surface area contributed by atoms with E-state index in [1.54, 1.807) is 11.3 Å². The van der Waals surface area contributed by atoms with E-state index in [0.29, 0.717) is 5.69 Å². The van der Waals surface area contributed by atoms with E-state index in [0.717, 1.165) is 18.2 Å². The molecule has 0 aliphatic carbocycles. The lowest BCUT2D eigenvalue weighted by molar-refractivity contribution is 0.318. The molecule has 1 fully saturated rings. The summed E-state index contributed by atoms with van der Waals surface area (Å²) in [5.74, 6) is 0.0782. The maximum absolute atomic E-state index is 8.52. The third kappa shape index (κ3) is 2.20. The number of hydrogen-bond donors (Lipinski definition) is 2. The Bertz CT molecular complexity index is 357. The van der Waals surface area contributed by atoms with Crippen LogP contribution in [0.4, 0.5) is 5.13 Å². The van der Waals surface area contributed by atoms with E-state index in [2.05, 4.69) is 15.0 Å². The molecule has 1 aliphatic heterocycles. The fourth-order valence-electron chi connectivity index (χ4n) is 1.66. The van der Waals surface area contributed by atoms with Crippen LogP contribution in [0.1, 0.15) is 25.0 Å². The van der Waals surface area contributed by atoms with Gasteiger partial charge in [0.2, 0.25) is 0 Å². The maximum Gasteiger partial charge on any atom is 0.189 e. The highest BCUT2D eigenvalue weighted by Crippen LogP contribution is 2.23. The predicted molar refractivity (Wildman–Crippen MR) is 60.7 cm³/mol. The van der Waals surface area contributed by atoms with Crippen LogP contribution < -0.4 is 10.6 Å². The lowest BCUT2D eigenvalue weighted by Crippen LogP contribution is -2.29. The third-order valence-corrected chi connectivity index (χ3v) is 3.39. The molecular formula is C9H14N4OS. The third-order valence-electron chi connectivity index (χ3n) is 2.49. The van der Waals surface area contributed by atoms with Crippen molar-refractivity contribution in [3.05, 3.63) is 11.1 Å². The first kappa shape index (κ1) is 10.2. The number of nitrogens with zero attached hydrogens (tertiary/aromatic N) is 3. The number of piperidine rings is 1. The average molecular weight is 226 g/mol. The van der Waals surface area contributed by atoms with Crippen molar-refractivity contribution < 1.29 is 5.21 Å². The van der Waals surface area contributed by atoms with Crippen molar-refractivity contribution in [1.29, 1.82) is 0 Å². The van der Waals surface area contributed by atoms with Crippen molar-refractivity contribution in [3.8, 4) is 0 Å². The molecule has 0 radical (unpaired) electrons. The quantitative estimate of drug-likeness (QED) is 0.344. The minimum absolute atomic E-state index is 0.0782. The van der Waals surface area contributed by atoms with Gasteiger partial charge in [-0.2, -0.15) is 0 Å². The van der Waals surface area contributed by atoms with Crippen LogP contribution in [0.25, 0.3) is 0 Å². The van der Waals surface area contributed by atoms with Crippen LogP contribution in [0.3, 0.4) is 0 Å². The van der Waals surface area contributed by atoms with Crippen LogP contribution in [0.15, 0.2) is 10.5 Å². The maximum atomic E-state index is 8.52. The van der Waals surface area contributed by atoms with E-state index in [-0.39, 0.29) is 5.84 Å². The Labute approximate surface area is 92.2 Å². The smallest absolute Gasteiger partial charge is 0.189 e. The molecule has 1 saturated heterocycles. The highest BCUT2D eigenvalue weighted by Gasteiger charge is 2.15. The van der Waals surface area contributed by atoms with Gasteiger partial charge in [0.05, 0.1) is 0 Å². The minimum Gasteiger partial charge on any atom is -0.409 e. The first-order valence-electron chi connectivity index (χ1n) is 4.99. The van der Waals surface area contributed by atoms with Crippen LogP contribution >= 0.6 is 11.3 Å². The van der Waals surface area contributed by atoms with Crippen LogP contribution in [0.2, 0.25) is 0 Å². The molecule has 0 saturated carbocycles. The van der Waals surface area contributed by atoms with Crippen molar-refractivity contribution in [1.82, 2.24) is 4.98 Å². The van der Waals surface area contributed by atoms with E-state index >= 15 is 0 Å². The Hall–Kier alpha value is -1.30. The molecule has 5 nitrogen and oxygen atoms in total. The summed E-state index contributed by atoms with van der Waals surface area (Å²) in [6.45, 7) is 2.12. The summed E-state index contributed by atoms with van der Waals surface area (Å²) in [4.78, 5) is 6.59. The largest absolute Gasteiger partial charge is 0.409 e. The molecule has 2 heterocycles. The van der Waals surface area contributed by atoms with Crippen LogP contribution in [0.5, 0.6) is 0 Å². The lowest BCUT2D eigenvalue weighted by atomic mass is 10.1. The van der Waals surface area contributed by atoms with Gasteiger partial charge in [0.1, 0.15) is 5.69 Å². The van der Waals surface area contributed by atoms with Crippen molar-refractivity contribution in [2.75, 3.05) is 18.0 Å².